The van der Waals surface area contributed by atoms with Crippen LogP contribution in [0.2, 0.25) is 0 Å². The van der Waals surface area contributed by atoms with E-state index in [4.69, 9.17) is 10.2 Å². The number of amides is 2. The van der Waals surface area contributed by atoms with Gasteiger partial charge in [0, 0.05) is 12.2 Å². The Morgan fingerprint density at radius 2 is 1.92 bits per heavy atom. The maximum Gasteiger partial charge on any atom is 0.291 e. The average molecular weight is 337 g/mol. The summed E-state index contributed by atoms with van der Waals surface area (Å²) in [6.07, 6.45) is 4.26. The lowest BCUT2D eigenvalue weighted by atomic mass is 10.2. The fourth-order valence-electron chi connectivity index (χ4n) is 2.07. The number of furan rings is 1. The van der Waals surface area contributed by atoms with Crippen molar-refractivity contribution in [2.24, 2.45) is 5.73 Å². The molecule has 25 heavy (non-hydrogen) atoms. The van der Waals surface area contributed by atoms with Gasteiger partial charge in [-0.3, -0.25) is 14.6 Å². The molecule has 1 aromatic carbocycles. The normalized spacial score (nSPS) is 10.2. The van der Waals surface area contributed by atoms with Crippen molar-refractivity contribution < 1.29 is 14.0 Å². The Morgan fingerprint density at radius 1 is 1.12 bits per heavy atom. The van der Waals surface area contributed by atoms with Gasteiger partial charge in [0.25, 0.3) is 11.8 Å². The molecule has 8 heteroatoms. The topological polar surface area (TPSA) is 123 Å². The summed E-state index contributed by atoms with van der Waals surface area (Å²) in [5, 5.41) is 5.79. The van der Waals surface area contributed by atoms with Crippen LogP contribution in [0.3, 0.4) is 0 Å². The van der Waals surface area contributed by atoms with E-state index in [0.717, 1.165) is 5.56 Å². The van der Waals surface area contributed by atoms with Crippen LogP contribution in [0.15, 0.2) is 59.5 Å². The molecule has 2 heterocycles. The minimum atomic E-state index is -0.632. The van der Waals surface area contributed by atoms with Crippen LogP contribution in [0.5, 0.6) is 0 Å². The summed E-state index contributed by atoms with van der Waals surface area (Å²) >= 11 is 0. The van der Waals surface area contributed by atoms with E-state index >= 15 is 0 Å². The summed E-state index contributed by atoms with van der Waals surface area (Å²) in [6, 6.07) is 10.5. The zero-order chi connectivity index (χ0) is 17.6. The van der Waals surface area contributed by atoms with Crippen molar-refractivity contribution in [1.82, 2.24) is 9.97 Å². The van der Waals surface area contributed by atoms with Gasteiger partial charge in [-0.15, -0.1) is 0 Å². The quantitative estimate of drug-likeness (QED) is 0.632. The largest absolute Gasteiger partial charge is 0.459 e. The van der Waals surface area contributed by atoms with Gasteiger partial charge in [-0.25, -0.2) is 4.98 Å². The van der Waals surface area contributed by atoms with Gasteiger partial charge in [-0.1, -0.05) is 12.1 Å². The number of aromatic nitrogens is 2. The van der Waals surface area contributed by atoms with Crippen molar-refractivity contribution in [1.29, 1.82) is 0 Å². The summed E-state index contributed by atoms with van der Waals surface area (Å²) < 4.78 is 5.04. The van der Waals surface area contributed by atoms with E-state index in [1.807, 2.05) is 12.1 Å². The Morgan fingerprint density at radius 3 is 2.60 bits per heavy atom. The van der Waals surface area contributed by atoms with E-state index in [1.54, 1.807) is 24.3 Å². The fourth-order valence-corrected chi connectivity index (χ4v) is 2.07. The van der Waals surface area contributed by atoms with Crippen LogP contribution in [-0.4, -0.2) is 21.8 Å². The van der Waals surface area contributed by atoms with E-state index in [-0.39, 0.29) is 17.4 Å². The number of primary amides is 1. The molecule has 0 bridgehead atoms. The highest BCUT2D eigenvalue weighted by Crippen LogP contribution is 2.13. The number of nitrogens with one attached hydrogen (secondary N) is 2. The van der Waals surface area contributed by atoms with Crippen LogP contribution >= 0.6 is 0 Å². The third-order valence-corrected chi connectivity index (χ3v) is 3.32. The average Bonchev–Trinajstić information content (AvgIpc) is 3.16. The van der Waals surface area contributed by atoms with Crippen LogP contribution in [0.1, 0.15) is 26.6 Å². The molecule has 0 aliphatic carbocycles. The molecule has 0 aliphatic heterocycles. The van der Waals surface area contributed by atoms with E-state index in [0.29, 0.717) is 18.1 Å². The number of hydrogen-bond acceptors (Lipinski definition) is 6. The van der Waals surface area contributed by atoms with Crippen LogP contribution < -0.4 is 16.4 Å². The number of anilines is 2. The second-order valence-electron chi connectivity index (χ2n) is 5.14. The lowest BCUT2D eigenvalue weighted by Gasteiger charge is -2.08. The minimum absolute atomic E-state index is 0.0981. The molecule has 2 amide bonds. The molecule has 0 radical (unpaired) electrons. The van der Waals surface area contributed by atoms with Crippen molar-refractivity contribution >= 4 is 23.3 Å². The molecule has 4 N–H and O–H groups in total. The Hall–Kier alpha value is -3.68. The molecule has 0 spiro atoms. The fraction of sp³-hybridized carbons (Fsp3) is 0.0588. The molecule has 0 unspecified atom stereocenters. The first kappa shape index (κ1) is 16.2. The van der Waals surface area contributed by atoms with E-state index < -0.39 is 5.91 Å². The van der Waals surface area contributed by atoms with Gasteiger partial charge in [-0.2, -0.15) is 0 Å². The van der Waals surface area contributed by atoms with Gasteiger partial charge in [0.2, 0.25) is 0 Å². The maximum atomic E-state index is 11.9. The van der Waals surface area contributed by atoms with Crippen LogP contribution in [-0.2, 0) is 6.54 Å². The number of carbonyl (C=O) groups is 2. The predicted molar refractivity (Wildman–Crippen MR) is 91.0 cm³/mol. The first-order valence-electron chi connectivity index (χ1n) is 7.41. The number of hydrogen-bond donors (Lipinski definition) is 3. The minimum Gasteiger partial charge on any atom is -0.459 e. The summed E-state index contributed by atoms with van der Waals surface area (Å²) in [6.45, 7) is 0.476. The summed E-state index contributed by atoms with van der Waals surface area (Å²) in [7, 11) is 0. The van der Waals surface area contributed by atoms with Crippen molar-refractivity contribution in [3.63, 3.8) is 0 Å². The molecule has 2 aromatic heterocycles. The van der Waals surface area contributed by atoms with Gasteiger partial charge in [0.1, 0.15) is 11.5 Å². The molecule has 0 saturated heterocycles. The van der Waals surface area contributed by atoms with E-state index in [2.05, 4.69) is 20.6 Å². The third-order valence-electron chi connectivity index (χ3n) is 3.32. The standard InChI is InChI=1S/C17H15N5O3/c18-16(23)13-9-19-10-15(22-13)20-8-11-3-5-12(6-4-11)21-17(24)14-2-1-7-25-14/h1-7,9-10H,8H2,(H2,18,23)(H,20,22)(H,21,24). The number of carbonyl (C=O) groups excluding carboxylic acids is 2. The number of nitrogens with two attached hydrogens (primary N) is 1. The SMILES string of the molecule is NC(=O)c1cncc(NCc2ccc(NC(=O)c3ccco3)cc2)n1. The van der Waals surface area contributed by atoms with Crippen LogP contribution in [0.25, 0.3) is 0 Å². The zero-order valence-corrected chi connectivity index (χ0v) is 13.1. The van der Waals surface area contributed by atoms with Gasteiger partial charge < -0.3 is 20.8 Å². The molecule has 3 rings (SSSR count). The smallest absolute Gasteiger partial charge is 0.291 e. The lowest BCUT2D eigenvalue weighted by molar-refractivity contribution is 0.0988. The first-order chi connectivity index (χ1) is 12.1. The summed E-state index contributed by atoms with van der Waals surface area (Å²) in [5.74, 6) is -0.243. The van der Waals surface area contributed by atoms with Crippen LogP contribution in [0, 0.1) is 0 Å². The van der Waals surface area contributed by atoms with Gasteiger partial charge in [0.05, 0.1) is 18.7 Å². The highest BCUT2D eigenvalue weighted by Gasteiger charge is 2.08. The van der Waals surface area contributed by atoms with E-state index in [9.17, 15) is 9.59 Å². The highest BCUT2D eigenvalue weighted by atomic mass is 16.3. The predicted octanol–water partition coefficient (Wildman–Crippen LogP) is 2.03. The zero-order valence-electron chi connectivity index (χ0n) is 13.1. The Balaban J connectivity index is 1.58. The van der Waals surface area contributed by atoms with Gasteiger partial charge in [-0.05, 0) is 29.8 Å². The molecular formula is C17H15N5O3. The Labute approximate surface area is 143 Å². The van der Waals surface area contributed by atoms with Crippen LogP contribution in [0.4, 0.5) is 11.5 Å². The molecule has 0 aliphatic rings. The molecule has 0 saturated carbocycles. The lowest BCUT2D eigenvalue weighted by Crippen LogP contribution is -2.14. The molecule has 0 fully saturated rings. The molecule has 126 valence electrons. The molecule has 0 atom stereocenters. The van der Waals surface area contributed by atoms with Crippen molar-refractivity contribution in [2.45, 2.75) is 6.54 Å². The van der Waals surface area contributed by atoms with Crippen molar-refractivity contribution in [3.05, 3.63) is 72.1 Å². The highest BCUT2D eigenvalue weighted by molar-refractivity contribution is 6.02. The van der Waals surface area contributed by atoms with Gasteiger partial charge >= 0.3 is 0 Å². The summed E-state index contributed by atoms with van der Waals surface area (Å²) in [4.78, 5) is 30.9. The second kappa shape index (κ2) is 7.26. The summed E-state index contributed by atoms with van der Waals surface area (Å²) in [5.41, 5.74) is 6.88. The third kappa shape index (κ3) is 4.20. The van der Waals surface area contributed by atoms with Gasteiger partial charge in [0.15, 0.2) is 5.76 Å². The molecule has 8 nitrogen and oxygen atoms in total. The van der Waals surface area contributed by atoms with Crippen molar-refractivity contribution in [2.75, 3.05) is 10.6 Å². The Bertz CT molecular complexity index is 876. The van der Waals surface area contributed by atoms with E-state index in [1.165, 1.54) is 18.7 Å². The molecular weight excluding hydrogens is 322 g/mol. The second-order valence-corrected chi connectivity index (χ2v) is 5.14. The number of rotatable bonds is 6. The number of nitrogens with zero attached hydrogens (tertiary/aromatic N) is 2. The van der Waals surface area contributed by atoms with Crippen molar-refractivity contribution in [3.8, 4) is 0 Å². The molecule has 3 aromatic rings. The maximum absolute atomic E-state index is 11.9. The first-order valence-corrected chi connectivity index (χ1v) is 7.41. The monoisotopic (exact) mass is 337 g/mol. The Kier molecular flexibility index (Phi) is 4.70. The number of benzene rings is 1.